The largest absolute Gasteiger partial charge is 0.305 e. The van der Waals surface area contributed by atoms with Crippen molar-refractivity contribution in [1.82, 2.24) is 4.98 Å². The molecule has 19 heavy (non-hydrogen) atoms. The molecule has 2 aromatic rings. The molecule has 0 atom stereocenters. The number of benzene rings is 1. The van der Waals surface area contributed by atoms with Gasteiger partial charge in [0, 0.05) is 10.0 Å². The highest BCUT2D eigenvalue weighted by Gasteiger charge is 2.11. The van der Waals surface area contributed by atoms with Crippen LogP contribution < -0.4 is 5.32 Å². The predicted molar refractivity (Wildman–Crippen MR) is 81.1 cm³/mol. The van der Waals surface area contributed by atoms with Crippen LogP contribution in [0.1, 0.15) is 16.1 Å². The molecule has 6 heteroatoms. The molecule has 1 amide bonds. The number of nitrogens with zero attached hydrogens (tertiary/aromatic N) is 1. The molecule has 98 valence electrons. The van der Waals surface area contributed by atoms with E-state index in [1.54, 1.807) is 31.2 Å². The van der Waals surface area contributed by atoms with Crippen molar-refractivity contribution < 1.29 is 4.79 Å². The van der Waals surface area contributed by atoms with Gasteiger partial charge in [-0.25, -0.2) is 4.98 Å². The minimum absolute atomic E-state index is 0.280. The molecule has 0 unspecified atom stereocenters. The van der Waals surface area contributed by atoms with Crippen LogP contribution in [0.4, 0.5) is 5.82 Å². The molecule has 0 aliphatic carbocycles. The summed E-state index contributed by atoms with van der Waals surface area (Å²) in [6.07, 6.45) is 0. The van der Waals surface area contributed by atoms with Gasteiger partial charge in [-0.2, -0.15) is 0 Å². The maximum absolute atomic E-state index is 12.1. The third kappa shape index (κ3) is 3.47. The van der Waals surface area contributed by atoms with E-state index in [2.05, 4.69) is 26.2 Å². The van der Waals surface area contributed by atoms with Crippen molar-refractivity contribution in [2.75, 3.05) is 5.32 Å². The number of aromatic nitrogens is 1. The Morgan fingerprint density at radius 1 is 1.26 bits per heavy atom. The Labute approximate surface area is 129 Å². The Morgan fingerprint density at radius 3 is 2.68 bits per heavy atom. The summed E-state index contributed by atoms with van der Waals surface area (Å²) in [7, 11) is 0. The van der Waals surface area contributed by atoms with Gasteiger partial charge in [0.1, 0.15) is 0 Å². The zero-order valence-electron chi connectivity index (χ0n) is 9.88. The smallest absolute Gasteiger partial charge is 0.256 e. The van der Waals surface area contributed by atoms with E-state index in [0.29, 0.717) is 27.1 Å². The number of halogens is 3. The number of carbonyl (C=O) groups excluding carboxylic acids is 1. The zero-order valence-corrected chi connectivity index (χ0v) is 13.0. The standard InChI is InChI=1S/C13H9BrCl2N2O/c1-7-10(15)6-11(16)12(17-7)18-13(19)8-3-2-4-9(14)5-8/h2-6H,1H3,(H,17,18,19). The van der Waals surface area contributed by atoms with Gasteiger partial charge in [0.05, 0.1) is 15.7 Å². The van der Waals surface area contributed by atoms with Gasteiger partial charge in [0.2, 0.25) is 0 Å². The van der Waals surface area contributed by atoms with E-state index in [1.807, 2.05) is 6.07 Å². The molecule has 3 nitrogen and oxygen atoms in total. The van der Waals surface area contributed by atoms with Crippen molar-refractivity contribution in [2.24, 2.45) is 0 Å². The Balaban J connectivity index is 2.27. The fraction of sp³-hybridized carbons (Fsp3) is 0.0769. The van der Waals surface area contributed by atoms with Crippen LogP contribution in [0.15, 0.2) is 34.8 Å². The van der Waals surface area contributed by atoms with Gasteiger partial charge in [-0.15, -0.1) is 0 Å². The quantitative estimate of drug-likeness (QED) is 0.843. The Bertz CT molecular complexity index is 647. The van der Waals surface area contributed by atoms with Crippen molar-refractivity contribution >= 4 is 50.9 Å². The van der Waals surface area contributed by atoms with Gasteiger partial charge >= 0.3 is 0 Å². The van der Waals surface area contributed by atoms with Crippen molar-refractivity contribution in [1.29, 1.82) is 0 Å². The van der Waals surface area contributed by atoms with E-state index in [0.717, 1.165) is 4.47 Å². The number of pyridine rings is 1. The molecule has 0 fully saturated rings. The molecule has 0 spiro atoms. The maximum atomic E-state index is 12.1. The molecule has 0 bridgehead atoms. The predicted octanol–water partition coefficient (Wildman–Crippen LogP) is 4.71. The molecule has 1 aromatic heterocycles. The first-order valence-electron chi connectivity index (χ1n) is 5.37. The normalized spacial score (nSPS) is 10.3. The molecule has 0 saturated heterocycles. The third-order valence-corrected chi connectivity index (χ3v) is 3.59. The van der Waals surface area contributed by atoms with Crippen molar-refractivity contribution in [3.63, 3.8) is 0 Å². The highest BCUT2D eigenvalue weighted by molar-refractivity contribution is 9.10. The molecule has 2 rings (SSSR count). The van der Waals surface area contributed by atoms with Crippen LogP contribution in [0.3, 0.4) is 0 Å². The summed E-state index contributed by atoms with van der Waals surface area (Å²) >= 11 is 15.2. The first-order chi connectivity index (χ1) is 8.97. The second-order valence-corrected chi connectivity index (χ2v) is 5.58. The lowest BCUT2D eigenvalue weighted by atomic mass is 10.2. The number of carbonyl (C=O) groups is 1. The first-order valence-corrected chi connectivity index (χ1v) is 6.92. The van der Waals surface area contributed by atoms with Gasteiger partial charge in [0.15, 0.2) is 5.82 Å². The summed E-state index contributed by atoms with van der Waals surface area (Å²) in [5.41, 5.74) is 1.12. The molecule has 0 saturated carbocycles. The van der Waals surface area contributed by atoms with E-state index in [9.17, 15) is 4.79 Å². The van der Waals surface area contributed by atoms with Crippen LogP contribution in [0.2, 0.25) is 10.0 Å². The van der Waals surface area contributed by atoms with E-state index in [1.165, 1.54) is 0 Å². The lowest BCUT2D eigenvalue weighted by molar-refractivity contribution is 0.102. The number of amides is 1. The summed E-state index contributed by atoms with van der Waals surface area (Å²) in [4.78, 5) is 16.2. The minimum Gasteiger partial charge on any atom is -0.305 e. The number of hydrogen-bond donors (Lipinski definition) is 1. The Kier molecular flexibility index (Phi) is 4.45. The number of hydrogen-bond acceptors (Lipinski definition) is 2. The first kappa shape index (κ1) is 14.3. The topological polar surface area (TPSA) is 42.0 Å². The second-order valence-electron chi connectivity index (χ2n) is 3.85. The molecular formula is C13H9BrCl2N2O. The average molecular weight is 360 g/mol. The van der Waals surface area contributed by atoms with Crippen molar-refractivity contribution in [3.05, 3.63) is 56.1 Å². The number of anilines is 1. The van der Waals surface area contributed by atoms with Gasteiger partial charge in [-0.05, 0) is 31.2 Å². The molecule has 1 N–H and O–H groups in total. The van der Waals surface area contributed by atoms with Crippen molar-refractivity contribution in [2.45, 2.75) is 6.92 Å². The maximum Gasteiger partial charge on any atom is 0.256 e. The monoisotopic (exact) mass is 358 g/mol. The van der Waals surface area contributed by atoms with E-state index < -0.39 is 0 Å². The average Bonchev–Trinajstić information content (AvgIpc) is 2.36. The molecule has 1 heterocycles. The lowest BCUT2D eigenvalue weighted by Gasteiger charge is -2.08. The Hall–Kier alpha value is -1.10. The van der Waals surface area contributed by atoms with E-state index in [-0.39, 0.29) is 5.91 Å². The van der Waals surface area contributed by atoms with Crippen LogP contribution in [0, 0.1) is 6.92 Å². The summed E-state index contributed by atoms with van der Waals surface area (Å²) in [6.45, 7) is 1.74. The number of nitrogens with one attached hydrogen (secondary N) is 1. The van der Waals surface area contributed by atoms with Crippen molar-refractivity contribution in [3.8, 4) is 0 Å². The zero-order chi connectivity index (χ0) is 14.0. The Morgan fingerprint density at radius 2 is 2.00 bits per heavy atom. The van der Waals surface area contributed by atoms with E-state index in [4.69, 9.17) is 23.2 Å². The van der Waals surface area contributed by atoms with E-state index >= 15 is 0 Å². The fourth-order valence-electron chi connectivity index (χ4n) is 1.46. The highest BCUT2D eigenvalue weighted by Crippen LogP contribution is 2.26. The number of rotatable bonds is 2. The molecule has 0 aliphatic rings. The van der Waals surface area contributed by atoms with Crippen LogP contribution in [0.25, 0.3) is 0 Å². The van der Waals surface area contributed by atoms with Crippen LogP contribution >= 0.6 is 39.1 Å². The third-order valence-electron chi connectivity index (χ3n) is 2.42. The lowest BCUT2D eigenvalue weighted by Crippen LogP contribution is -2.13. The second kappa shape index (κ2) is 5.90. The minimum atomic E-state index is -0.280. The SMILES string of the molecule is Cc1nc(NC(=O)c2cccc(Br)c2)c(Cl)cc1Cl. The summed E-state index contributed by atoms with van der Waals surface area (Å²) < 4.78 is 0.825. The molecule has 1 aromatic carbocycles. The van der Waals surface area contributed by atoms with Crippen LogP contribution in [-0.4, -0.2) is 10.9 Å². The molecular weight excluding hydrogens is 351 g/mol. The molecule has 0 radical (unpaired) electrons. The van der Waals surface area contributed by atoms with Gasteiger partial charge in [-0.1, -0.05) is 45.2 Å². The molecule has 0 aliphatic heterocycles. The summed E-state index contributed by atoms with van der Waals surface area (Å²) in [6, 6.07) is 8.60. The fourth-order valence-corrected chi connectivity index (χ4v) is 2.26. The van der Waals surface area contributed by atoms with Crippen LogP contribution in [0.5, 0.6) is 0 Å². The number of aryl methyl sites for hydroxylation is 1. The van der Waals surface area contributed by atoms with Crippen LogP contribution in [-0.2, 0) is 0 Å². The summed E-state index contributed by atoms with van der Waals surface area (Å²) in [5.74, 6) is 0.0194. The summed E-state index contributed by atoms with van der Waals surface area (Å²) in [5, 5.41) is 3.43. The van der Waals surface area contributed by atoms with Gasteiger partial charge in [-0.3, -0.25) is 4.79 Å². The van der Waals surface area contributed by atoms with Gasteiger partial charge in [0.25, 0.3) is 5.91 Å². The highest BCUT2D eigenvalue weighted by atomic mass is 79.9. The van der Waals surface area contributed by atoms with Gasteiger partial charge < -0.3 is 5.32 Å².